The molecule has 0 unspecified atom stereocenters. The lowest BCUT2D eigenvalue weighted by Crippen LogP contribution is -2.37. The molecular weight excluding hydrogens is 536 g/mol. The summed E-state index contributed by atoms with van der Waals surface area (Å²) in [6, 6.07) is 9.99. The van der Waals surface area contributed by atoms with Gasteiger partial charge in [0, 0.05) is 43.9 Å². The van der Waals surface area contributed by atoms with Crippen molar-refractivity contribution in [1.82, 2.24) is 14.2 Å². The number of aromatic nitrogens is 1. The van der Waals surface area contributed by atoms with Crippen LogP contribution in [0, 0.1) is 0 Å². The Labute approximate surface area is 227 Å². The van der Waals surface area contributed by atoms with E-state index in [0.717, 1.165) is 29.5 Å². The summed E-state index contributed by atoms with van der Waals surface area (Å²) >= 11 is 1.42. The minimum atomic E-state index is -3.56. The number of rotatable bonds is 7. The first-order chi connectivity index (χ1) is 17.3. The summed E-state index contributed by atoms with van der Waals surface area (Å²) in [7, 11) is 0.341. The van der Waals surface area contributed by atoms with Gasteiger partial charge >= 0.3 is 0 Å². The molecule has 12 heteroatoms. The van der Waals surface area contributed by atoms with Crippen LogP contribution in [0.25, 0.3) is 10.2 Å². The van der Waals surface area contributed by atoms with Gasteiger partial charge in [0.1, 0.15) is 13.2 Å². The van der Waals surface area contributed by atoms with Crippen LogP contribution < -0.4 is 14.4 Å². The molecule has 37 heavy (non-hydrogen) atoms. The summed E-state index contributed by atoms with van der Waals surface area (Å²) in [6.07, 6.45) is 2.80. The SMILES string of the molecule is CN(C)CCN(C(=O)c1ccc(S(=O)(=O)N2CCCCC2)cc1)c1nc2cc3c(cc2s1)OCCO3.Cl. The van der Waals surface area contributed by atoms with Crippen molar-refractivity contribution in [2.45, 2.75) is 24.2 Å². The molecule has 1 fully saturated rings. The molecule has 3 heterocycles. The summed E-state index contributed by atoms with van der Waals surface area (Å²) in [4.78, 5) is 22.2. The van der Waals surface area contributed by atoms with Gasteiger partial charge in [0.2, 0.25) is 10.0 Å². The van der Waals surface area contributed by atoms with Gasteiger partial charge in [0.25, 0.3) is 5.91 Å². The number of hydrogen-bond donors (Lipinski definition) is 0. The Morgan fingerprint density at radius 1 is 1.00 bits per heavy atom. The van der Waals surface area contributed by atoms with E-state index in [1.165, 1.54) is 27.8 Å². The molecule has 0 aliphatic carbocycles. The van der Waals surface area contributed by atoms with Crippen molar-refractivity contribution >= 4 is 55.0 Å². The third-order valence-electron chi connectivity index (χ3n) is 6.34. The van der Waals surface area contributed by atoms with Gasteiger partial charge in [0.05, 0.1) is 15.1 Å². The van der Waals surface area contributed by atoms with Crippen LogP contribution in [0.4, 0.5) is 5.13 Å². The summed E-state index contributed by atoms with van der Waals surface area (Å²) in [5.74, 6) is 1.11. The summed E-state index contributed by atoms with van der Waals surface area (Å²) in [5.41, 5.74) is 1.15. The Bertz CT molecular complexity index is 1310. The lowest BCUT2D eigenvalue weighted by Gasteiger charge is -2.26. The van der Waals surface area contributed by atoms with Crippen molar-refractivity contribution in [3.8, 4) is 11.5 Å². The number of benzene rings is 2. The Kier molecular flexibility index (Phi) is 8.59. The third kappa shape index (κ3) is 5.85. The number of anilines is 1. The van der Waals surface area contributed by atoms with Crippen molar-refractivity contribution in [2.75, 3.05) is 58.4 Å². The molecule has 2 aliphatic heterocycles. The number of carbonyl (C=O) groups excluding carboxylic acids is 1. The normalized spacial score (nSPS) is 16.0. The van der Waals surface area contributed by atoms with Gasteiger partial charge in [-0.2, -0.15) is 4.31 Å². The number of ether oxygens (including phenoxy) is 2. The molecule has 0 saturated carbocycles. The first-order valence-electron chi connectivity index (χ1n) is 12.1. The topological polar surface area (TPSA) is 92.3 Å². The predicted octanol–water partition coefficient (Wildman–Crippen LogP) is 3.87. The Morgan fingerprint density at radius 3 is 2.30 bits per heavy atom. The van der Waals surface area contributed by atoms with E-state index in [4.69, 9.17) is 14.5 Å². The molecule has 5 rings (SSSR count). The number of sulfonamides is 1. The Hall–Kier alpha value is -2.44. The number of halogens is 1. The minimum absolute atomic E-state index is 0. The summed E-state index contributed by atoms with van der Waals surface area (Å²) in [5, 5.41) is 0.573. The molecule has 0 radical (unpaired) electrons. The highest BCUT2D eigenvalue weighted by Crippen LogP contribution is 2.39. The number of hydrogen-bond acceptors (Lipinski definition) is 8. The molecule has 0 atom stereocenters. The highest BCUT2D eigenvalue weighted by molar-refractivity contribution is 7.89. The van der Waals surface area contributed by atoms with Crippen LogP contribution in [-0.2, 0) is 10.0 Å². The molecule has 0 bridgehead atoms. The van der Waals surface area contributed by atoms with Gasteiger partial charge in [-0.25, -0.2) is 13.4 Å². The molecule has 0 spiro atoms. The summed E-state index contributed by atoms with van der Waals surface area (Å²) in [6.45, 7) is 3.16. The number of likely N-dealkylation sites (N-methyl/N-ethyl adjacent to an activating group) is 1. The number of piperidine rings is 1. The van der Waals surface area contributed by atoms with E-state index in [-0.39, 0.29) is 23.2 Å². The lowest BCUT2D eigenvalue weighted by molar-refractivity contribution is 0.0985. The Balaban J connectivity index is 0.00000320. The number of nitrogens with zero attached hydrogens (tertiary/aromatic N) is 4. The molecule has 1 amide bonds. The highest BCUT2D eigenvalue weighted by Gasteiger charge is 2.27. The fourth-order valence-corrected chi connectivity index (χ4v) is 6.85. The van der Waals surface area contributed by atoms with E-state index in [2.05, 4.69) is 0 Å². The maximum Gasteiger partial charge on any atom is 0.260 e. The zero-order valence-corrected chi connectivity index (χ0v) is 23.3. The molecule has 200 valence electrons. The molecule has 9 nitrogen and oxygen atoms in total. The number of carbonyl (C=O) groups is 1. The van der Waals surface area contributed by atoms with Crippen LogP contribution in [0.2, 0.25) is 0 Å². The van der Waals surface area contributed by atoms with Gasteiger partial charge in [-0.1, -0.05) is 17.8 Å². The Morgan fingerprint density at radius 2 is 1.65 bits per heavy atom. The van der Waals surface area contributed by atoms with Crippen molar-refractivity contribution in [3.05, 3.63) is 42.0 Å². The second kappa shape index (κ2) is 11.5. The second-order valence-electron chi connectivity index (χ2n) is 9.21. The zero-order chi connectivity index (χ0) is 25.3. The van der Waals surface area contributed by atoms with Crippen LogP contribution in [-0.4, -0.2) is 82.0 Å². The number of fused-ring (bicyclic) bond motifs is 2. The minimum Gasteiger partial charge on any atom is -0.486 e. The van der Waals surface area contributed by atoms with Gasteiger partial charge in [0.15, 0.2) is 16.6 Å². The van der Waals surface area contributed by atoms with Crippen LogP contribution in [0.3, 0.4) is 0 Å². The number of amides is 1. The average molecular weight is 567 g/mol. The lowest BCUT2D eigenvalue weighted by atomic mass is 10.2. The van der Waals surface area contributed by atoms with Crippen molar-refractivity contribution < 1.29 is 22.7 Å². The van der Waals surface area contributed by atoms with Gasteiger partial charge in [-0.3, -0.25) is 9.69 Å². The molecule has 3 aromatic rings. The average Bonchev–Trinajstić information content (AvgIpc) is 3.30. The van der Waals surface area contributed by atoms with Crippen molar-refractivity contribution in [3.63, 3.8) is 0 Å². The fraction of sp³-hybridized carbons (Fsp3) is 0.440. The van der Waals surface area contributed by atoms with Gasteiger partial charge in [-0.15, -0.1) is 12.4 Å². The predicted molar refractivity (Wildman–Crippen MR) is 147 cm³/mol. The standard InChI is InChI=1S/C25H30N4O5S2.ClH/c1-27(2)12-13-29(25-26-20-16-21-22(17-23(20)35-25)34-15-14-33-21)24(30)18-6-8-19(9-7-18)36(31,32)28-10-4-3-5-11-28;/h6-9,16-17H,3-5,10-15H2,1-2H3;1H. The molecule has 0 N–H and O–H groups in total. The van der Waals surface area contributed by atoms with Crippen molar-refractivity contribution in [2.24, 2.45) is 0 Å². The smallest absolute Gasteiger partial charge is 0.260 e. The van der Waals surface area contributed by atoms with Crippen LogP contribution in [0.1, 0.15) is 29.6 Å². The fourth-order valence-electron chi connectivity index (χ4n) is 4.33. The van der Waals surface area contributed by atoms with Crippen LogP contribution >= 0.6 is 23.7 Å². The molecule has 2 aromatic carbocycles. The first-order valence-corrected chi connectivity index (χ1v) is 14.4. The molecule has 1 saturated heterocycles. The first kappa shape index (κ1) is 27.6. The van der Waals surface area contributed by atoms with Crippen LogP contribution in [0.5, 0.6) is 11.5 Å². The number of thiazole rings is 1. The maximum absolute atomic E-state index is 13.6. The molecular formula is C25H31ClN4O5S2. The van der Waals surface area contributed by atoms with E-state index in [9.17, 15) is 13.2 Å². The third-order valence-corrected chi connectivity index (χ3v) is 9.30. The maximum atomic E-state index is 13.6. The van der Waals surface area contributed by atoms with Crippen molar-refractivity contribution in [1.29, 1.82) is 0 Å². The van der Waals surface area contributed by atoms with Gasteiger partial charge < -0.3 is 14.4 Å². The summed E-state index contributed by atoms with van der Waals surface area (Å²) < 4.78 is 39.8. The van der Waals surface area contributed by atoms with E-state index in [1.54, 1.807) is 17.0 Å². The molecule has 2 aliphatic rings. The largest absolute Gasteiger partial charge is 0.486 e. The van der Waals surface area contributed by atoms with E-state index in [0.29, 0.717) is 61.6 Å². The van der Waals surface area contributed by atoms with E-state index < -0.39 is 10.0 Å². The van der Waals surface area contributed by atoms with E-state index >= 15 is 0 Å². The highest BCUT2D eigenvalue weighted by atomic mass is 35.5. The molecule has 1 aromatic heterocycles. The monoisotopic (exact) mass is 566 g/mol. The quantitative estimate of drug-likeness (QED) is 0.428. The van der Waals surface area contributed by atoms with Crippen LogP contribution in [0.15, 0.2) is 41.3 Å². The second-order valence-corrected chi connectivity index (χ2v) is 12.2. The van der Waals surface area contributed by atoms with E-state index in [1.807, 2.05) is 31.1 Å². The van der Waals surface area contributed by atoms with Gasteiger partial charge in [-0.05, 0) is 51.2 Å². The zero-order valence-electron chi connectivity index (χ0n) is 20.9.